The standard InChI is InChI=1S/C18H26N2O4/c1-13-11-15(24-3)6-7-16(13)18(23)20-9-4-5-14(8-10-20)19(2)12-17(21)22/h6-7,11,14H,4-5,8-10,12H2,1-3H3,(H,21,22). The molecule has 1 saturated heterocycles. The second kappa shape index (κ2) is 8.15. The van der Waals surface area contributed by atoms with Gasteiger partial charge in [0, 0.05) is 24.7 Å². The number of aryl methyl sites for hydroxylation is 1. The number of methoxy groups -OCH3 is 1. The number of carbonyl (C=O) groups excluding carboxylic acids is 1. The number of nitrogens with zero attached hydrogens (tertiary/aromatic N) is 2. The van der Waals surface area contributed by atoms with E-state index in [1.54, 1.807) is 7.11 Å². The highest BCUT2D eigenvalue weighted by Gasteiger charge is 2.25. The molecular weight excluding hydrogens is 308 g/mol. The Morgan fingerprint density at radius 1 is 1.33 bits per heavy atom. The summed E-state index contributed by atoms with van der Waals surface area (Å²) in [6.45, 7) is 3.31. The van der Waals surface area contributed by atoms with Crippen molar-refractivity contribution >= 4 is 11.9 Å². The first-order chi connectivity index (χ1) is 11.4. The zero-order valence-corrected chi connectivity index (χ0v) is 14.6. The first-order valence-corrected chi connectivity index (χ1v) is 8.28. The molecular formula is C18H26N2O4. The maximum Gasteiger partial charge on any atom is 0.317 e. The average Bonchev–Trinajstić information content (AvgIpc) is 2.79. The van der Waals surface area contributed by atoms with Gasteiger partial charge < -0.3 is 14.7 Å². The lowest BCUT2D eigenvalue weighted by atomic mass is 10.1. The molecule has 1 unspecified atom stereocenters. The zero-order valence-electron chi connectivity index (χ0n) is 14.6. The molecule has 1 aliphatic rings. The van der Waals surface area contributed by atoms with Crippen LogP contribution in [0.15, 0.2) is 18.2 Å². The molecule has 2 rings (SSSR count). The van der Waals surface area contributed by atoms with E-state index >= 15 is 0 Å². The van der Waals surface area contributed by atoms with Gasteiger partial charge in [0.1, 0.15) is 5.75 Å². The molecule has 0 aromatic heterocycles. The highest BCUT2D eigenvalue weighted by atomic mass is 16.5. The van der Waals surface area contributed by atoms with E-state index in [4.69, 9.17) is 9.84 Å². The van der Waals surface area contributed by atoms with Crippen LogP contribution in [0, 0.1) is 6.92 Å². The smallest absolute Gasteiger partial charge is 0.317 e. The molecule has 1 aromatic carbocycles. The molecule has 1 atom stereocenters. The minimum absolute atomic E-state index is 0.0379. The van der Waals surface area contributed by atoms with E-state index in [0.29, 0.717) is 18.7 Å². The minimum Gasteiger partial charge on any atom is -0.497 e. The Labute approximate surface area is 143 Å². The van der Waals surface area contributed by atoms with E-state index in [2.05, 4.69) is 0 Å². The Balaban J connectivity index is 2.03. The molecule has 0 saturated carbocycles. The molecule has 0 spiro atoms. The quantitative estimate of drug-likeness (QED) is 0.892. The van der Waals surface area contributed by atoms with Crippen molar-refractivity contribution in [3.05, 3.63) is 29.3 Å². The average molecular weight is 334 g/mol. The Morgan fingerprint density at radius 3 is 2.71 bits per heavy atom. The number of hydrogen-bond donors (Lipinski definition) is 1. The molecule has 0 bridgehead atoms. The van der Waals surface area contributed by atoms with Crippen LogP contribution in [0.1, 0.15) is 35.2 Å². The van der Waals surface area contributed by atoms with Crippen molar-refractivity contribution in [3.8, 4) is 5.75 Å². The molecule has 1 amide bonds. The van der Waals surface area contributed by atoms with Crippen molar-refractivity contribution in [2.75, 3.05) is 33.8 Å². The molecule has 0 aliphatic carbocycles. The number of aliphatic carboxylic acids is 1. The van der Waals surface area contributed by atoms with Crippen molar-refractivity contribution in [1.82, 2.24) is 9.80 Å². The van der Waals surface area contributed by atoms with Gasteiger partial charge in [0.25, 0.3) is 5.91 Å². The number of carboxylic acid groups (broad SMARTS) is 1. The number of likely N-dealkylation sites (N-methyl/N-ethyl adjacent to an activating group) is 1. The number of benzene rings is 1. The van der Waals surface area contributed by atoms with Crippen LogP contribution in [0.4, 0.5) is 0 Å². The number of carboxylic acids is 1. The van der Waals surface area contributed by atoms with Crippen LogP contribution in [0.3, 0.4) is 0 Å². The number of ether oxygens (including phenoxy) is 1. The Hall–Kier alpha value is -2.08. The van der Waals surface area contributed by atoms with Gasteiger partial charge >= 0.3 is 5.97 Å². The van der Waals surface area contributed by atoms with Gasteiger partial charge in [0.05, 0.1) is 13.7 Å². The Bertz CT molecular complexity index is 603. The summed E-state index contributed by atoms with van der Waals surface area (Å²) in [5, 5.41) is 8.93. The lowest BCUT2D eigenvalue weighted by Gasteiger charge is -2.26. The van der Waals surface area contributed by atoms with Crippen molar-refractivity contribution in [2.24, 2.45) is 0 Å². The van der Waals surface area contributed by atoms with Crippen molar-refractivity contribution in [3.63, 3.8) is 0 Å². The summed E-state index contributed by atoms with van der Waals surface area (Å²) in [5.41, 5.74) is 1.61. The van der Waals surface area contributed by atoms with E-state index in [9.17, 15) is 9.59 Å². The summed E-state index contributed by atoms with van der Waals surface area (Å²) in [6.07, 6.45) is 2.59. The van der Waals surface area contributed by atoms with Gasteiger partial charge in [-0.15, -0.1) is 0 Å². The largest absolute Gasteiger partial charge is 0.497 e. The van der Waals surface area contributed by atoms with Crippen LogP contribution in [0.5, 0.6) is 5.75 Å². The summed E-state index contributed by atoms with van der Waals surface area (Å²) in [7, 11) is 3.45. The molecule has 1 heterocycles. The predicted octanol–water partition coefficient (Wildman–Crippen LogP) is 2.01. The third-order valence-electron chi connectivity index (χ3n) is 4.66. The number of likely N-dealkylation sites (tertiary alicyclic amines) is 1. The van der Waals surface area contributed by atoms with Gasteiger partial charge in [-0.2, -0.15) is 0 Å². The van der Waals surface area contributed by atoms with Crippen molar-refractivity contribution in [1.29, 1.82) is 0 Å². The first-order valence-electron chi connectivity index (χ1n) is 8.28. The number of hydrogen-bond acceptors (Lipinski definition) is 4. The van der Waals surface area contributed by atoms with E-state index in [-0.39, 0.29) is 18.5 Å². The van der Waals surface area contributed by atoms with Crippen molar-refractivity contribution in [2.45, 2.75) is 32.2 Å². The van der Waals surface area contributed by atoms with Gasteiger partial charge in [-0.1, -0.05) is 0 Å². The van der Waals surface area contributed by atoms with Crippen LogP contribution >= 0.6 is 0 Å². The molecule has 1 aromatic rings. The minimum atomic E-state index is -0.816. The number of rotatable bonds is 5. The fourth-order valence-electron chi connectivity index (χ4n) is 3.24. The fourth-order valence-corrected chi connectivity index (χ4v) is 3.24. The SMILES string of the molecule is COc1ccc(C(=O)N2CCCC(N(C)CC(=O)O)CC2)c(C)c1. The molecule has 6 nitrogen and oxygen atoms in total. The molecule has 0 radical (unpaired) electrons. The number of carbonyl (C=O) groups is 2. The molecule has 24 heavy (non-hydrogen) atoms. The van der Waals surface area contributed by atoms with Crippen LogP contribution in [-0.4, -0.2) is 66.6 Å². The molecule has 6 heteroatoms. The van der Waals surface area contributed by atoms with Crippen LogP contribution in [0.2, 0.25) is 0 Å². The Kier molecular flexibility index (Phi) is 6.20. The maximum atomic E-state index is 12.8. The molecule has 132 valence electrons. The highest BCUT2D eigenvalue weighted by molar-refractivity contribution is 5.95. The van der Waals surface area contributed by atoms with Crippen LogP contribution in [0.25, 0.3) is 0 Å². The van der Waals surface area contributed by atoms with E-state index in [1.807, 2.05) is 42.0 Å². The molecule has 1 fully saturated rings. The lowest BCUT2D eigenvalue weighted by Crippen LogP contribution is -2.37. The predicted molar refractivity (Wildman–Crippen MR) is 91.5 cm³/mol. The van der Waals surface area contributed by atoms with Crippen LogP contribution < -0.4 is 4.74 Å². The first kappa shape index (κ1) is 18.3. The lowest BCUT2D eigenvalue weighted by molar-refractivity contribution is -0.138. The molecule has 1 N–H and O–H groups in total. The summed E-state index contributed by atoms with van der Waals surface area (Å²) in [5.74, 6) is -0.0319. The zero-order chi connectivity index (χ0) is 17.7. The topological polar surface area (TPSA) is 70.1 Å². The van der Waals surface area contributed by atoms with Gasteiger partial charge in [0.2, 0.25) is 0 Å². The monoisotopic (exact) mass is 334 g/mol. The van der Waals surface area contributed by atoms with Gasteiger partial charge in [-0.3, -0.25) is 14.5 Å². The highest BCUT2D eigenvalue weighted by Crippen LogP contribution is 2.21. The van der Waals surface area contributed by atoms with E-state index < -0.39 is 5.97 Å². The van der Waals surface area contributed by atoms with Gasteiger partial charge in [-0.05, 0) is 57.0 Å². The summed E-state index contributed by atoms with van der Waals surface area (Å²) < 4.78 is 5.19. The van der Waals surface area contributed by atoms with Crippen LogP contribution in [-0.2, 0) is 4.79 Å². The number of amides is 1. The fraction of sp³-hybridized carbons (Fsp3) is 0.556. The Morgan fingerprint density at radius 2 is 2.08 bits per heavy atom. The maximum absolute atomic E-state index is 12.8. The normalized spacial score (nSPS) is 18.3. The summed E-state index contributed by atoms with van der Waals surface area (Å²) >= 11 is 0. The summed E-state index contributed by atoms with van der Waals surface area (Å²) in [4.78, 5) is 27.4. The molecule has 1 aliphatic heterocycles. The van der Waals surface area contributed by atoms with E-state index in [0.717, 1.165) is 30.6 Å². The third-order valence-corrected chi connectivity index (χ3v) is 4.66. The second-order valence-corrected chi connectivity index (χ2v) is 6.37. The third kappa shape index (κ3) is 4.47. The van der Waals surface area contributed by atoms with Gasteiger partial charge in [0.15, 0.2) is 0 Å². The second-order valence-electron chi connectivity index (χ2n) is 6.37. The van der Waals surface area contributed by atoms with Crippen molar-refractivity contribution < 1.29 is 19.4 Å². The van der Waals surface area contributed by atoms with E-state index in [1.165, 1.54) is 0 Å². The van der Waals surface area contributed by atoms with Gasteiger partial charge in [-0.25, -0.2) is 0 Å². The summed E-state index contributed by atoms with van der Waals surface area (Å²) in [6, 6.07) is 5.70.